The molecule has 1 aromatic heterocycles. The fourth-order valence-corrected chi connectivity index (χ4v) is 5.10. The largest absolute Gasteiger partial charge is 0.493 e. The molecule has 0 radical (unpaired) electrons. The van der Waals surface area contributed by atoms with Gasteiger partial charge in [-0.1, -0.05) is 12.1 Å². The van der Waals surface area contributed by atoms with Crippen LogP contribution in [0.15, 0.2) is 48.7 Å². The molecule has 46 heavy (non-hydrogen) atoms. The number of carbonyl (C=O) groups excluding carboxylic acids is 3. The molecule has 1 amide bonds. The van der Waals surface area contributed by atoms with Crippen LogP contribution in [0.2, 0.25) is 0 Å². The van der Waals surface area contributed by atoms with Gasteiger partial charge in [0.15, 0.2) is 35.4 Å². The summed E-state index contributed by atoms with van der Waals surface area (Å²) in [5.41, 5.74) is 3.87. The van der Waals surface area contributed by atoms with Crippen molar-refractivity contribution in [1.82, 2.24) is 10.3 Å². The van der Waals surface area contributed by atoms with Crippen molar-refractivity contribution < 1.29 is 47.5 Å². The molecule has 4 unspecified atom stereocenters. The molecule has 1 fully saturated rings. The number of carbonyl (C=O) groups is 3. The van der Waals surface area contributed by atoms with Crippen LogP contribution in [-0.2, 0) is 23.8 Å². The van der Waals surface area contributed by atoms with E-state index in [1.54, 1.807) is 6.92 Å². The third kappa shape index (κ3) is 9.10. The molecule has 0 spiro atoms. The van der Waals surface area contributed by atoms with E-state index in [1.807, 2.05) is 64.1 Å². The van der Waals surface area contributed by atoms with Crippen molar-refractivity contribution in [2.45, 2.75) is 65.9 Å². The Labute approximate surface area is 268 Å². The molecule has 3 aromatic rings. The monoisotopic (exact) mass is 636 g/mol. The summed E-state index contributed by atoms with van der Waals surface area (Å²) in [7, 11) is 1.38. The fourth-order valence-electron chi connectivity index (χ4n) is 5.10. The minimum Gasteiger partial charge on any atom is -0.493 e. The van der Waals surface area contributed by atoms with Crippen LogP contribution in [0.3, 0.4) is 0 Å². The smallest absolute Gasteiger partial charge is 0.331 e. The van der Waals surface area contributed by atoms with Crippen LogP contribution in [-0.4, -0.2) is 74.3 Å². The van der Waals surface area contributed by atoms with Crippen molar-refractivity contribution in [3.63, 3.8) is 0 Å². The van der Waals surface area contributed by atoms with Crippen LogP contribution in [0.4, 0.5) is 0 Å². The van der Waals surface area contributed by atoms with Crippen LogP contribution in [0.25, 0.3) is 0 Å². The first kappa shape index (κ1) is 34.0. The number of hydrogen-bond acceptors (Lipinski definition) is 11. The van der Waals surface area contributed by atoms with Gasteiger partial charge in [0, 0.05) is 19.2 Å². The molecule has 1 N–H and O–H groups in total. The molecule has 1 aliphatic heterocycles. The standard InChI is InChI=1S/C34H40N2O10/c1-19-10-20(2)13-25(12-19)45-29-17-41-16-27(34(39)44-23(5)31(29)46-26-14-21(3)11-22(4)15-26)36-33(38)30-32(43-18-42-24(6)37)28(40-7)8-9-35-30/h8-15,23,27,29,31H,16-18H2,1-7H3,(H,36,38). The number of rotatable bonds is 10. The maximum absolute atomic E-state index is 13.5. The molecule has 12 nitrogen and oxygen atoms in total. The average Bonchev–Trinajstić information content (AvgIpc) is 3.01. The Bertz CT molecular complexity index is 1520. The van der Waals surface area contributed by atoms with Crippen molar-refractivity contribution in [2.24, 2.45) is 0 Å². The molecule has 0 saturated carbocycles. The Hall–Kier alpha value is -4.84. The molecular formula is C34H40N2O10. The Morgan fingerprint density at radius 1 is 0.935 bits per heavy atom. The van der Waals surface area contributed by atoms with E-state index in [1.165, 1.54) is 26.3 Å². The van der Waals surface area contributed by atoms with Crippen LogP contribution >= 0.6 is 0 Å². The van der Waals surface area contributed by atoms with Crippen LogP contribution < -0.4 is 24.3 Å². The molecule has 1 aliphatic rings. The predicted octanol–water partition coefficient (Wildman–Crippen LogP) is 4.18. The Morgan fingerprint density at radius 3 is 2.13 bits per heavy atom. The lowest BCUT2D eigenvalue weighted by atomic mass is 10.1. The van der Waals surface area contributed by atoms with Gasteiger partial charge in [0.05, 0.1) is 20.3 Å². The van der Waals surface area contributed by atoms with Crippen molar-refractivity contribution in [3.05, 3.63) is 76.6 Å². The number of aryl methyl sites for hydroxylation is 4. The lowest BCUT2D eigenvalue weighted by Crippen LogP contribution is -2.48. The molecule has 12 heteroatoms. The maximum Gasteiger partial charge on any atom is 0.331 e. The maximum atomic E-state index is 13.5. The lowest BCUT2D eigenvalue weighted by molar-refractivity contribution is -0.156. The molecule has 4 rings (SSSR count). The van der Waals surface area contributed by atoms with Crippen molar-refractivity contribution >= 4 is 17.8 Å². The number of aromatic nitrogens is 1. The second kappa shape index (κ2) is 15.4. The molecule has 246 valence electrons. The number of amides is 1. The van der Waals surface area contributed by atoms with Gasteiger partial charge in [-0.05, 0) is 81.1 Å². The van der Waals surface area contributed by atoms with Gasteiger partial charge in [0.2, 0.25) is 6.79 Å². The van der Waals surface area contributed by atoms with Crippen molar-refractivity contribution in [3.8, 4) is 23.0 Å². The summed E-state index contributed by atoms with van der Waals surface area (Å²) in [6, 6.07) is 11.9. The summed E-state index contributed by atoms with van der Waals surface area (Å²) >= 11 is 0. The summed E-state index contributed by atoms with van der Waals surface area (Å²) in [5, 5.41) is 2.62. The number of ether oxygens (including phenoxy) is 7. The summed E-state index contributed by atoms with van der Waals surface area (Å²) in [4.78, 5) is 42.2. The van der Waals surface area contributed by atoms with Crippen LogP contribution in [0, 0.1) is 27.7 Å². The van der Waals surface area contributed by atoms with E-state index < -0.39 is 49.0 Å². The van der Waals surface area contributed by atoms with Gasteiger partial charge >= 0.3 is 11.9 Å². The zero-order valence-electron chi connectivity index (χ0n) is 27.1. The molecule has 1 saturated heterocycles. The quantitative estimate of drug-likeness (QED) is 0.253. The minimum absolute atomic E-state index is 0.0178. The lowest BCUT2D eigenvalue weighted by Gasteiger charge is -2.31. The number of hydrogen-bond donors (Lipinski definition) is 1. The number of esters is 2. The van der Waals surface area contributed by atoms with Gasteiger partial charge < -0.3 is 38.5 Å². The predicted molar refractivity (Wildman–Crippen MR) is 166 cm³/mol. The Balaban J connectivity index is 1.59. The molecular weight excluding hydrogens is 596 g/mol. The SMILES string of the molecule is COc1ccnc(C(=O)NC2COCC(Oc3cc(C)cc(C)c3)C(Oc3cc(C)cc(C)c3)C(C)OC2=O)c1OCOC(C)=O. The number of nitrogens with zero attached hydrogens (tertiary/aromatic N) is 1. The first-order chi connectivity index (χ1) is 21.9. The normalized spacial score (nSPS) is 19.8. The van der Waals surface area contributed by atoms with E-state index in [-0.39, 0.29) is 30.4 Å². The first-order valence-electron chi connectivity index (χ1n) is 14.8. The zero-order valence-corrected chi connectivity index (χ0v) is 27.1. The van der Waals surface area contributed by atoms with Gasteiger partial charge in [-0.15, -0.1) is 0 Å². The highest BCUT2D eigenvalue weighted by molar-refractivity contribution is 5.98. The molecule has 2 aromatic carbocycles. The summed E-state index contributed by atoms with van der Waals surface area (Å²) in [5.74, 6) is -0.771. The topological polar surface area (TPSA) is 141 Å². The van der Waals surface area contributed by atoms with Crippen LogP contribution in [0.5, 0.6) is 23.0 Å². The van der Waals surface area contributed by atoms with Crippen LogP contribution in [0.1, 0.15) is 46.6 Å². The third-order valence-corrected chi connectivity index (χ3v) is 7.01. The summed E-state index contributed by atoms with van der Waals surface area (Å²) < 4.78 is 40.4. The highest BCUT2D eigenvalue weighted by atomic mass is 16.7. The Kier molecular flexibility index (Phi) is 11.4. The van der Waals surface area contributed by atoms with Gasteiger partial charge in [-0.2, -0.15) is 0 Å². The number of cyclic esters (lactones) is 1. The minimum atomic E-state index is -1.22. The second-order valence-corrected chi connectivity index (χ2v) is 11.2. The fraction of sp³-hybridized carbons (Fsp3) is 0.412. The van der Waals surface area contributed by atoms with E-state index in [0.29, 0.717) is 11.5 Å². The molecule has 0 bridgehead atoms. The number of methoxy groups -OCH3 is 1. The van der Waals surface area contributed by atoms with Crippen molar-refractivity contribution in [1.29, 1.82) is 0 Å². The number of benzene rings is 2. The van der Waals surface area contributed by atoms with Gasteiger partial charge in [0.1, 0.15) is 17.6 Å². The highest BCUT2D eigenvalue weighted by Crippen LogP contribution is 2.30. The van der Waals surface area contributed by atoms with Gasteiger partial charge in [-0.3, -0.25) is 9.59 Å². The third-order valence-electron chi connectivity index (χ3n) is 7.01. The average molecular weight is 637 g/mol. The van der Waals surface area contributed by atoms with E-state index in [2.05, 4.69) is 10.3 Å². The molecule has 4 atom stereocenters. The van der Waals surface area contributed by atoms with Gasteiger partial charge in [-0.25, -0.2) is 9.78 Å². The zero-order chi connectivity index (χ0) is 33.4. The molecule has 0 aliphatic carbocycles. The number of pyridine rings is 1. The van der Waals surface area contributed by atoms with Gasteiger partial charge in [0.25, 0.3) is 5.91 Å². The Morgan fingerprint density at radius 2 is 1.54 bits per heavy atom. The van der Waals surface area contributed by atoms with E-state index in [9.17, 15) is 14.4 Å². The van der Waals surface area contributed by atoms with E-state index in [0.717, 1.165) is 22.3 Å². The summed E-state index contributed by atoms with van der Waals surface area (Å²) in [6.07, 6.45) is -0.943. The summed E-state index contributed by atoms with van der Waals surface area (Å²) in [6.45, 7) is 10.1. The van der Waals surface area contributed by atoms with E-state index in [4.69, 9.17) is 33.2 Å². The first-order valence-corrected chi connectivity index (χ1v) is 14.8. The second-order valence-electron chi connectivity index (χ2n) is 11.2. The highest BCUT2D eigenvalue weighted by Gasteiger charge is 2.38. The van der Waals surface area contributed by atoms with Crippen molar-refractivity contribution in [2.75, 3.05) is 27.1 Å². The van der Waals surface area contributed by atoms with E-state index >= 15 is 0 Å². The molecule has 2 heterocycles. The number of nitrogens with one attached hydrogen (secondary N) is 1.